The number of benzene rings is 1. The van der Waals surface area contributed by atoms with Crippen LogP contribution in [0.1, 0.15) is 18.7 Å². The number of imidazole rings is 1. The third-order valence-corrected chi connectivity index (χ3v) is 4.72. The summed E-state index contributed by atoms with van der Waals surface area (Å²) >= 11 is 0. The highest BCUT2D eigenvalue weighted by atomic mass is 16.2. The molecule has 0 saturated carbocycles. The van der Waals surface area contributed by atoms with Crippen molar-refractivity contribution in [3.8, 4) is 0 Å². The molecule has 31 heavy (non-hydrogen) atoms. The lowest BCUT2D eigenvalue weighted by atomic mass is 10.1. The number of para-hydroxylation sites is 2. The number of hydrogen-bond acceptors (Lipinski definition) is 5. The molecule has 0 unspecified atom stereocenters. The maximum Gasteiger partial charge on any atom is 0.274 e. The van der Waals surface area contributed by atoms with Gasteiger partial charge in [0, 0.05) is 20.3 Å². The fraction of sp³-hybridized carbons (Fsp3) is 0.273. The van der Waals surface area contributed by atoms with Gasteiger partial charge in [-0.1, -0.05) is 18.2 Å². The molecule has 0 aliphatic carbocycles. The van der Waals surface area contributed by atoms with Gasteiger partial charge in [0.25, 0.3) is 5.56 Å². The van der Waals surface area contributed by atoms with Gasteiger partial charge >= 0.3 is 0 Å². The Morgan fingerprint density at radius 3 is 2.77 bits per heavy atom. The quantitative estimate of drug-likeness (QED) is 0.474. The number of aromatic amines is 1. The van der Waals surface area contributed by atoms with Crippen LogP contribution in [0.25, 0.3) is 11.0 Å². The summed E-state index contributed by atoms with van der Waals surface area (Å²) < 4.78 is 1.47. The van der Waals surface area contributed by atoms with E-state index < -0.39 is 11.9 Å². The molecule has 3 aromatic rings. The van der Waals surface area contributed by atoms with Crippen molar-refractivity contribution < 1.29 is 9.59 Å². The van der Waals surface area contributed by atoms with E-state index >= 15 is 0 Å². The van der Waals surface area contributed by atoms with E-state index in [0.29, 0.717) is 18.7 Å². The first kappa shape index (κ1) is 22.0. The molecular weight excluding hydrogens is 396 g/mol. The van der Waals surface area contributed by atoms with E-state index in [2.05, 4.69) is 15.3 Å². The molecule has 1 aromatic carbocycles. The fourth-order valence-corrected chi connectivity index (χ4v) is 2.96. The smallest absolute Gasteiger partial charge is 0.274 e. The topological polar surface area (TPSA) is 126 Å². The number of aromatic nitrogens is 3. The average molecular weight is 422 g/mol. The zero-order valence-corrected chi connectivity index (χ0v) is 17.5. The highest BCUT2D eigenvalue weighted by Gasteiger charge is 2.15. The summed E-state index contributed by atoms with van der Waals surface area (Å²) in [5.41, 5.74) is 7.45. The second kappa shape index (κ2) is 9.86. The van der Waals surface area contributed by atoms with Crippen molar-refractivity contribution in [2.24, 2.45) is 5.73 Å². The third kappa shape index (κ3) is 5.67. The molecule has 162 valence electrons. The molecule has 9 nitrogen and oxygen atoms in total. The van der Waals surface area contributed by atoms with Gasteiger partial charge in [0.05, 0.1) is 23.6 Å². The van der Waals surface area contributed by atoms with Crippen LogP contribution in [0.2, 0.25) is 0 Å². The van der Waals surface area contributed by atoms with Crippen molar-refractivity contribution in [1.82, 2.24) is 19.4 Å². The molecule has 0 radical (unpaired) electrons. The molecule has 9 heteroatoms. The van der Waals surface area contributed by atoms with Gasteiger partial charge in [-0.15, -0.1) is 0 Å². The number of nitrogens with two attached hydrogens (primary N) is 1. The lowest BCUT2D eigenvalue weighted by molar-refractivity contribution is -0.123. The Kier molecular flexibility index (Phi) is 6.99. The van der Waals surface area contributed by atoms with Crippen LogP contribution in [0.5, 0.6) is 0 Å². The maximum atomic E-state index is 12.8. The molecule has 2 heterocycles. The summed E-state index contributed by atoms with van der Waals surface area (Å²) in [6.07, 6.45) is 5.58. The number of amides is 2. The number of pyridine rings is 1. The molecule has 1 atom stereocenters. The third-order valence-electron chi connectivity index (χ3n) is 4.72. The standard InChI is InChI=1S/C22H26N6O3/c1-27(2)20(29)12-6-3-8-15(23)21(30)26-18-11-7-13-28(22(18)31)14-19-24-16-9-4-5-10-17(16)25-19/h4-7,9-13,15H,3,8,14,23H2,1-2H3,(H,24,25)(H,26,30)/b12-6+/t15-/m0/s1. The Labute approximate surface area is 179 Å². The molecule has 0 aliphatic rings. The van der Waals surface area contributed by atoms with Gasteiger partial charge in [0.1, 0.15) is 11.5 Å². The van der Waals surface area contributed by atoms with Crippen LogP contribution in [-0.4, -0.2) is 51.4 Å². The lowest BCUT2D eigenvalue weighted by Crippen LogP contribution is -2.37. The number of fused-ring (bicyclic) bond motifs is 1. The van der Waals surface area contributed by atoms with Crippen LogP contribution < -0.4 is 16.6 Å². The van der Waals surface area contributed by atoms with Crippen molar-refractivity contribution in [1.29, 1.82) is 0 Å². The van der Waals surface area contributed by atoms with Gasteiger partial charge in [-0.05, 0) is 43.2 Å². The first-order valence-corrected chi connectivity index (χ1v) is 9.92. The number of allylic oxidation sites excluding steroid dienone is 1. The number of rotatable bonds is 8. The minimum absolute atomic E-state index is 0.132. The number of carbonyl (C=O) groups excluding carboxylic acids is 2. The summed E-state index contributed by atoms with van der Waals surface area (Å²) in [6, 6.07) is 10.0. The van der Waals surface area contributed by atoms with Crippen LogP contribution >= 0.6 is 0 Å². The number of hydrogen-bond donors (Lipinski definition) is 3. The van der Waals surface area contributed by atoms with Crippen LogP contribution in [0.15, 0.2) is 59.5 Å². The Hall–Kier alpha value is -3.72. The fourth-order valence-electron chi connectivity index (χ4n) is 2.96. The van der Waals surface area contributed by atoms with E-state index in [9.17, 15) is 14.4 Å². The lowest BCUT2D eigenvalue weighted by Gasteiger charge is -2.12. The molecule has 4 N–H and O–H groups in total. The highest BCUT2D eigenvalue weighted by Crippen LogP contribution is 2.11. The van der Waals surface area contributed by atoms with Crippen LogP contribution in [-0.2, 0) is 16.1 Å². The maximum absolute atomic E-state index is 12.8. The van der Waals surface area contributed by atoms with Gasteiger partial charge in [0.15, 0.2) is 0 Å². The summed E-state index contributed by atoms with van der Waals surface area (Å²) in [7, 11) is 3.32. The van der Waals surface area contributed by atoms with Gasteiger partial charge < -0.3 is 25.5 Å². The van der Waals surface area contributed by atoms with E-state index in [0.717, 1.165) is 11.0 Å². The number of likely N-dealkylation sites (N-methyl/N-ethyl adjacent to an activating group) is 1. The average Bonchev–Trinajstić information content (AvgIpc) is 3.16. The normalized spacial score (nSPS) is 12.2. The Morgan fingerprint density at radius 2 is 2.03 bits per heavy atom. The van der Waals surface area contributed by atoms with Gasteiger partial charge in [-0.3, -0.25) is 14.4 Å². The van der Waals surface area contributed by atoms with E-state index in [1.807, 2.05) is 24.3 Å². The summed E-state index contributed by atoms with van der Waals surface area (Å²) in [5.74, 6) is 0.0563. The SMILES string of the molecule is CN(C)C(=O)/C=C/CC[C@H](N)C(=O)Nc1cccn(Cc2nc3ccccc3[nH]2)c1=O. The Bertz CT molecular complexity index is 1130. The molecule has 0 aliphatic heterocycles. The number of nitrogens with one attached hydrogen (secondary N) is 2. The van der Waals surface area contributed by atoms with Crippen molar-refractivity contribution in [2.75, 3.05) is 19.4 Å². The second-order valence-electron chi connectivity index (χ2n) is 7.36. The first-order valence-electron chi connectivity index (χ1n) is 9.92. The predicted molar refractivity (Wildman–Crippen MR) is 120 cm³/mol. The van der Waals surface area contributed by atoms with Crippen molar-refractivity contribution in [3.63, 3.8) is 0 Å². The molecular formula is C22H26N6O3. The van der Waals surface area contributed by atoms with Crippen molar-refractivity contribution in [3.05, 3.63) is 70.9 Å². The van der Waals surface area contributed by atoms with E-state index in [4.69, 9.17) is 5.73 Å². The van der Waals surface area contributed by atoms with E-state index in [1.165, 1.54) is 21.6 Å². The predicted octanol–water partition coefficient (Wildman–Crippen LogP) is 1.46. The molecule has 2 aromatic heterocycles. The molecule has 0 spiro atoms. The monoisotopic (exact) mass is 422 g/mol. The highest BCUT2D eigenvalue weighted by molar-refractivity contribution is 5.94. The van der Waals surface area contributed by atoms with Gasteiger partial charge in [-0.2, -0.15) is 0 Å². The van der Waals surface area contributed by atoms with Crippen molar-refractivity contribution >= 4 is 28.5 Å². The summed E-state index contributed by atoms with van der Waals surface area (Å²) in [6.45, 7) is 0.244. The van der Waals surface area contributed by atoms with Gasteiger partial charge in [0.2, 0.25) is 11.8 Å². The number of H-pyrrole nitrogens is 1. The Balaban J connectivity index is 1.62. The van der Waals surface area contributed by atoms with Gasteiger partial charge in [-0.25, -0.2) is 4.98 Å². The minimum atomic E-state index is -0.803. The largest absolute Gasteiger partial charge is 0.345 e. The van der Waals surface area contributed by atoms with Crippen molar-refractivity contribution in [2.45, 2.75) is 25.4 Å². The first-order chi connectivity index (χ1) is 14.8. The Morgan fingerprint density at radius 1 is 1.26 bits per heavy atom. The molecule has 0 bridgehead atoms. The minimum Gasteiger partial charge on any atom is -0.345 e. The number of anilines is 1. The second-order valence-corrected chi connectivity index (χ2v) is 7.36. The zero-order chi connectivity index (χ0) is 22.4. The molecule has 3 rings (SSSR count). The zero-order valence-electron chi connectivity index (χ0n) is 17.5. The molecule has 0 saturated heterocycles. The van der Waals surface area contributed by atoms with Crippen LogP contribution in [0.4, 0.5) is 5.69 Å². The molecule has 2 amide bonds. The van der Waals surface area contributed by atoms with E-state index in [1.54, 1.807) is 32.4 Å². The van der Waals surface area contributed by atoms with Crippen LogP contribution in [0, 0.1) is 0 Å². The number of nitrogens with zero attached hydrogens (tertiary/aromatic N) is 3. The van der Waals surface area contributed by atoms with Crippen LogP contribution in [0.3, 0.4) is 0 Å². The number of carbonyl (C=O) groups is 2. The summed E-state index contributed by atoms with van der Waals surface area (Å²) in [4.78, 5) is 45.8. The summed E-state index contributed by atoms with van der Waals surface area (Å²) in [5, 5.41) is 2.60. The van der Waals surface area contributed by atoms with E-state index in [-0.39, 0.29) is 23.7 Å². The molecule has 0 fully saturated rings.